The summed E-state index contributed by atoms with van der Waals surface area (Å²) in [6, 6.07) is 15.6. The Labute approximate surface area is 272 Å². The number of benzene rings is 3. The molecule has 0 heterocycles. The number of ether oxygens (including phenoxy) is 1. The van der Waals surface area contributed by atoms with Crippen LogP contribution >= 0.6 is 11.6 Å². The molecular weight excluding hydrogens is 590 g/mol. The Hall–Kier alpha value is -4.04. The third-order valence-corrected chi connectivity index (χ3v) is 7.56. The van der Waals surface area contributed by atoms with Crippen molar-refractivity contribution in [2.75, 3.05) is 11.9 Å². The molecule has 3 aromatic carbocycles. The number of halogens is 1. The van der Waals surface area contributed by atoms with Crippen LogP contribution < -0.4 is 10.6 Å². The lowest BCUT2D eigenvalue weighted by atomic mass is 9.97. The standard InChI is InChI=1S/C36H46ClN3O5/c1-8-9-10-18-40(34(43)30(38-35(44)45-36(5,6)7)22-26-14-16-28(41)17-15-26)32(27-20-23(2)19-24(3)21-27)33(42)39-31-25(4)12-11-13-29(31)37/h11-17,19-21,30,32,41H,8-10,18,22H2,1-7H3,(H,38,44)(H,39,42). The number of aryl methyl sites for hydroxylation is 3. The molecule has 0 saturated carbocycles. The zero-order valence-corrected chi connectivity index (χ0v) is 28.1. The summed E-state index contributed by atoms with van der Waals surface area (Å²) in [5, 5.41) is 16.0. The molecule has 0 aliphatic heterocycles. The number of unbranched alkanes of at least 4 members (excludes halogenated alkanes) is 2. The van der Waals surface area contributed by atoms with Crippen molar-refractivity contribution in [3.63, 3.8) is 0 Å². The van der Waals surface area contributed by atoms with Crippen LogP contribution in [0.15, 0.2) is 60.7 Å². The summed E-state index contributed by atoms with van der Waals surface area (Å²) in [6.45, 7) is 13.3. The second-order valence-corrected chi connectivity index (χ2v) is 13.0. The molecule has 0 spiro atoms. The number of nitrogens with zero attached hydrogens (tertiary/aromatic N) is 1. The van der Waals surface area contributed by atoms with Crippen LogP contribution in [0.5, 0.6) is 5.75 Å². The van der Waals surface area contributed by atoms with Gasteiger partial charge in [-0.3, -0.25) is 9.59 Å². The van der Waals surface area contributed by atoms with Gasteiger partial charge in [-0.15, -0.1) is 0 Å². The van der Waals surface area contributed by atoms with Crippen molar-refractivity contribution >= 4 is 35.2 Å². The van der Waals surface area contributed by atoms with Gasteiger partial charge in [-0.2, -0.15) is 0 Å². The van der Waals surface area contributed by atoms with Gasteiger partial charge in [0.05, 0.1) is 10.7 Å². The maximum atomic E-state index is 14.7. The minimum atomic E-state index is -1.06. The number of para-hydroxylation sites is 1. The number of carbonyl (C=O) groups is 3. The van der Waals surface area contributed by atoms with Crippen molar-refractivity contribution in [3.05, 3.63) is 93.5 Å². The molecule has 0 aliphatic carbocycles. The Morgan fingerprint density at radius 2 is 1.60 bits per heavy atom. The van der Waals surface area contributed by atoms with Gasteiger partial charge < -0.3 is 25.4 Å². The number of hydrogen-bond acceptors (Lipinski definition) is 5. The van der Waals surface area contributed by atoms with Gasteiger partial charge in [-0.1, -0.05) is 85.0 Å². The molecule has 3 amide bonds. The number of phenolic OH excluding ortho intramolecular Hbond substituents is 1. The summed E-state index contributed by atoms with van der Waals surface area (Å²) in [4.78, 5) is 43.6. The first-order valence-corrected chi connectivity index (χ1v) is 15.8. The van der Waals surface area contributed by atoms with Gasteiger partial charge in [0.15, 0.2) is 0 Å². The van der Waals surface area contributed by atoms with Gasteiger partial charge in [0.25, 0.3) is 5.91 Å². The molecule has 0 radical (unpaired) electrons. The first-order chi connectivity index (χ1) is 21.2. The fourth-order valence-corrected chi connectivity index (χ4v) is 5.51. The summed E-state index contributed by atoms with van der Waals surface area (Å²) in [5.41, 5.74) is 3.75. The second kappa shape index (κ2) is 15.8. The zero-order valence-electron chi connectivity index (χ0n) is 27.4. The van der Waals surface area contributed by atoms with E-state index in [9.17, 15) is 19.5 Å². The summed E-state index contributed by atoms with van der Waals surface area (Å²) >= 11 is 6.51. The van der Waals surface area contributed by atoms with Gasteiger partial charge in [-0.25, -0.2) is 4.79 Å². The number of phenols is 1. The Morgan fingerprint density at radius 3 is 2.18 bits per heavy atom. The molecule has 3 rings (SSSR count). The molecule has 3 aromatic rings. The van der Waals surface area contributed by atoms with Crippen LogP contribution in [0.25, 0.3) is 0 Å². The lowest BCUT2D eigenvalue weighted by molar-refractivity contribution is -0.140. The molecule has 45 heavy (non-hydrogen) atoms. The van der Waals surface area contributed by atoms with Crippen molar-refractivity contribution < 1.29 is 24.2 Å². The largest absolute Gasteiger partial charge is 0.508 e. The van der Waals surface area contributed by atoms with Gasteiger partial charge in [0.2, 0.25) is 5.91 Å². The number of nitrogens with one attached hydrogen (secondary N) is 2. The number of hydrogen-bond donors (Lipinski definition) is 3. The lowest BCUT2D eigenvalue weighted by Gasteiger charge is -2.35. The molecule has 0 bridgehead atoms. The number of amides is 3. The average molecular weight is 636 g/mol. The summed E-state index contributed by atoms with van der Waals surface area (Å²) in [5.74, 6) is -0.758. The number of alkyl carbamates (subject to hydrolysis) is 1. The Bertz CT molecular complexity index is 1440. The molecule has 3 N–H and O–H groups in total. The van der Waals surface area contributed by atoms with Gasteiger partial charge in [0.1, 0.15) is 23.4 Å². The number of aromatic hydroxyl groups is 1. The van der Waals surface area contributed by atoms with Crippen LogP contribution in [0.2, 0.25) is 5.02 Å². The van der Waals surface area contributed by atoms with Gasteiger partial charge in [0, 0.05) is 13.0 Å². The smallest absolute Gasteiger partial charge is 0.408 e. The van der Waals surface area contributed by atoms with E-state index in [4.69, 9.17) is 16.3 Å². The summed E-state index contributed by atoms with van der Waals surface area (Å²) in [7, 11) is 0. The Balaban J connectivity index is 2.14. The molecule has 0 aliphatic rings. The van der Waals surface area contributed by atoms with Crippen LogP contribution in [-0.2, 0) is 20.7 Å². The highest BCUT2D eigenvalue weighted by Gasteiger charge is 2.37. The van der Waals surface area contributed by atoms with E-state index in [1.807, 2.05) is 51.1 Å². The van der Waals surface area contributed by atoms with E-state index < -0.39 is 35.6 Å². The zero-order chi connectivity index (χ0) is 33.3. The fraction of sp³-hybridized carbons (Fsp3) is 0.417. The topological polar surface area (TPSA) is 108 Å². The van der Waals surface area contributed by atoms with Gasteiger partial charge in [-0.05, 0) is 82.9 Å². The third-order valence-electron chi connectivity index (χ3n) is 7.24. The van der Waals surface area contributed by atoms with Crippen LogP contribution in [0, 0.1) is 20.8 Å². The predicted octanol–water partition coefficient (Wildman–Crippen LogP) is 7.81. The monoisotopic (exact) mass is 635 g/mol. The quantitative estimate of drug-likeness (QED) is 0.176. The molecule has 8 nitrogen and oxygen atoms in total. The molecule has 9 heteroatoms. The molecule has 0 aromatic heterocycles. The minimum absolute atomic E-state index is 0.0874. The van der Waals surface area contributed by atoms with Gasteiger partial charge >= 0.3 is 6.09 Å². The molecule has 242 valence electrons. The summed E-state index contributed by atoms with van der Waals surface area (Å²) < 4.78 is 5.53. The van der Waals surface area contributed by atoms with E-state index in [-0.39, 0.29) is 18.7 Å². The van der Waals surface area contributed by atoms with E-state index in [2.05, 4.69) is 17.6 Å². The van der Waals surface area contributed by atoms with E-state index in [0.29, 0.717) is 22.7 Å². The predicted molar refractivity (Wildman–Crippen MR) is 180 cm³/mol. The maximum absolute atomic E-state index is 14.7. The fourth-order valence-electron chi connectivity index (χ4n) is 5.24. The maximum Gasteiger partial charge on any atom is 0.408 e. The van der Waals surface area contributed by atoms with Crippen molar-refractivity contribution in [1.82, 2.24) is 10.2 Å². The second-order valence-electron chi connectivity index (χ2n) is 12.6. The van der Waals surface area contributed by atoms with E-state index >= 15 is 0 Å². The Morgan fingerprint density at radius 1 is 0.956 bits per heavy atom. The summed E-state index contributed by atoms with van der Waals surface area (Å²) in [6.07, 6.45) is 1.78. The highest BCUT2D eigenvalue weighted by atomic mass is 35.5. The van der Waals surface area contributed by atoms with Crippen molar-refractivity contribution in [3.8, 4) is 5.75 Å². The van der Waals surface area contributed by atoms with E-state index in [1.54, 1.807) is 43.9 Å². The number of rotatable bonds is 12. The van der Waals surface area contributed by atoms with Crippen molar-refractivity contribution in [2.45, 2.75) is 91.8 Å². The molecule has 0 saturated heterocycles. The third kappa shape index (κ3) is 10.5. The normalized spacial score (nSPS) is 12.6. The van der Waals surface area contributed by atoms with Crippen LogP contribution in [-0.4, -0.2) is 46.1 Å². The molecule has 2 atom stereocenters. The first-order valence-electron chi connectivity index (χ1n) is 15.4. The molecule has 2 unspecified atom stereocenters. The molecule has 0 fully saturated rings. The van der Waals surface area contributed by atoms with E-state index in [0.717, 1.165) is 35.1 Å². The number of carbonyl (C=O) groups excluding carboxylic acids is 3. The first kappa shape index (κ1) is 35.4. The lowest BCUT2D eigenvalue weighted by Crippen LogP contribution is -2.53. The number of anilines is 1. The highest BCUT2D eigenvalue weighted by Crippen LogP contribution is 2.31. The molecular formula is C36H46ClN3O5. The van der Waals surface area contributed by atoms with E-state index in [1.165, 1.54) is 12.1 Å². The van der Waals surface area contributed by atoms with Crippen LogP contribution in [0.3, 0.4) is 0 Å². The van der Waals surface area contributed by atoms with Crippen molar-refractivity contribution in [1.29, 1.82) is 0 Å². The Kier molecular flexibility index (Phi) is 12.4. The highest BCUT2D eigenvalue weighted by molar-refractivity contribution is 6.34. The average Bonchev–Trinajstić information content (AvgIpc) is 2.93. The van der Waals surface area contributed by atoms with Crippen molar-refractivity contribution in [2.24, 2.45) is 0 Å². The minimum Gasteiger partial charge on any atom is -0.508 e. The SMILES string of the molecule is CCCCCN(C(=O)C(Cc1ccc(O)cc1)NC(=O)OC(C)(C)C)C(C(=O)Nc1c(C)cccc1Cl)c1cc(C)cc(C)c1. The van der Waals surface area contributed by atoms with Crippen LogP contribution in [0.4, 0.5) is 10.5 Å². The van der Waals surface area contributed by atoms with Crippen LogP contribution in [0.1, 0.15) is 80.8 Å².